The molecule has 1 N–H and O–H groups in total. The van der Waals surface area contributed by atoms with Crippen molar-refractivity contribution in [2.24, 2.45) is 0 Å². The monoisotopic (exact) mass is 425 g/mol. The van der Waals surface area contributed by atoms with Crippen LogP contribution in [0.25, 0.3) is 0 Å². The average Bonchev–Trinajstić information content (AvgIpc) is 2.40. The second-order valence-corrected chi connectivity index (χ2v) is 6.05. The van der Waals surface area contributed by atoms with E-state index in [1.165, 1.54) is 30.3 Å². The Morgan fingerprint density at radius 2 is 1.71 bits per heavy atom. The molecule has 7 heteroatoms. The molecule has 0 aromatic heterocycles. The standard InChI is InChI=1S/C14H9Br2F4N/c15-9-1-4-13(11(6-9)14(18,19)20)21-7-8-5-10(17)2-3-12(8)16/h1-6,21H,7H2. The first-order chi connectivity index (χ1) is 9.77. The van der Waals surface area contributed by atoms with Crippen LogP contribution in [0, 0.1) is 5.82 Å². The summed E-state index contributed by atoms with van der Waals surface area (Å²) in [4.78, 5) is 0. The molecule has 0 spiro atoms. The van der Waals surface area contributed by atoms with Crippen molar-refractivity contribution in [3.63, 3.8) is 0 Å². The first kappa shape index (κ1) is 16.3. The van der Waals surface area contributed by atoms with Gasteiger partial charge in [-0.15, -0.1) is 0 Å². The van der Waals surface area contributed by atoms with Crippen molar-refractivity contribution in [3.05, 3.63) is 62.3 Å². The molecule has 0 radical (unpaired) electrons. The van der Waals surface area contributed by atoms with Crippen LogP contribution in [0.2, 0.25) is 0 Å². The number of halogens is 6. The van der Waals surface area contributed by atoms with E-state index in [4.69, 9.17) is 0 Å². The summed E-state index contributed by atoms with van der Waals surface area (Å²) in [6.07, 6.45) is -4.47. The van der Waals surface area contributed by atoms with E-state index in [0.717, 1.165) is 6.07 Å². The molecule has 1 nitrogen and oxygen atoms in total. The third kappa shape index (κ3) is 4.20. The Bertz CT molecular complexity index is 656. The fourth-order valence-electron chi connectivity index (χ4n) is 1.77. The van der Waals surface area contributed by atoms with E-state index in [1.807, 2.05) is 0 Å². The largest absolute Gasteiger partial charge is 0.418 e. The lowest BCUT2D eigenvalue weighted by Crippen LogP contribution is -2.11. The number of hydrogen-bond acceptors (Lipinski definition) is 1. The van der Waals surface area contributed by atoms with Crippen molar-refractivity contribution < 1.29 is 17.6 Å². The highest BCUT2D eigenvalue weighted by molar-refractivity contribution is 9.10. The quantitative estimate of drug-likeness (QED) is 0.595. The molecular weight excluding hydrogens is 418 g/mol. The van der Waals surface area contributed by atoms with Gasteiger partial charge in [0, 0.05) is 21.2 Å². The maximum Gasteiger partial charge on any atom is 0.418 e. The molecule has 21 heavy (non-hydrogen) atoms. The van der Waals surface area contributed by atoms with Gasteiger partial charge in [-0.3, -0.25) is 0 Å². The highest BCUT2D eigenvalue weighted by Gasteiger charge is 2.33. The van der Waals surface area contributed by atoms with Gasteiger partial charge in [0.15, 0.2) is 0 Å². The molecule has 0 aliphatic carbocycles. The molecule has 0 saturated carbocycles. The summed E-state index contributed by atoms with van der Waals surface area (Å²) < 4.78 is 53.0. The van der Waals surface area contributed by atoms with Crippen LogP contribution in [0.3, 0.4) is 0 Å². The molecule has 0 heterocycles. The van der Waals surface area contributed by atoms with Gasteiger partial charge in [-0.25, -0.2) is 4.39 Å². The minimum atomic E-state index is -4.47. The van der Waals surface area contributed by atoms with Crippen LogP contribution in [0.5, 0.6) is 0 Å². The summed E-state index contributed by atoms with van der Waals surface area (Å²) in [6.45, 7) is 0.0725. The molecule has 0 atom stereocenters. The van der Waals surface area contributed by atoms with Gasteiger partial charge >= 0.3 is 6.18 Å². The Balaban J connectivity index is 2.26. The normalized spacial score (nSPS) is 11.5. The molecule has 2 rings (SSSR count). The molecule has 2 aromatic carbocycles. The van der Waals surface area contributed by atoms with Gasteiger partial charge in [-0.1, -0.05) is 31.9 Å². The summed E-state index contributed by atoms with van der Waals surface area (Å²) in [6, 6.07) is 7.90. The van der Waals surface area contributed by atoms with E-state index in [-0.39, 0.29) is 12.2 Å². The van der Waals surface area contributed by atoms with E-state index < -0.39 is 17.6 Å². The molecule has 0 aliphatic rings. The van der Waals surface area contributed by atoms with Gasteiger partial charge in [0.25, 0.3) is 0 Å². The molecule has 112 valence electrons. The topological polar surface area (TPSA) is 12.0 Å². The summed E-state index contributed by atoms with van der Waals surface area (Å²) in [5, 5.41) is 2.69. The van der Waals surface area contributed by atoms with Gasteiger partial charge in [0.2, 0.25) is 0 Å². The van der Waals surface area contributed by atoms with E-state index in [0.29, 0.717) is 14.5 Å². The minimum absolute atomic E-state index is 0.0538. The lowest BCUT2D eigenvalue weighted by Gasteiger charge is -2.15. The number of rotatable bonds is 3. The predicted octanol–water partition coefficient (Wildman–Crippen LogP) is 5.98. The smallest absolute Gasteiger partial charge is 0.380 e. The summed E-state index contributed by atoms with van der Waals surface area (Å²) in [5.74, 6) is -0.443. The van der Waals surface area contributed by atoms with Crippen molar-refractivity contribution in [2.75, 3.05) is 5.32 Å². The highest BCUT2D eigenvalue weighted by Crippen LogP contribution is 2.36. The van der Waals surface area contributed by atoms with Crippen LogP contribution in [0.1, 0.15) is 11.1 Å². The van der Waals surface area contributed by atoms with E-state index >= 15 is 0 Å². The molecule has 0 saturated heterocycles. The number of nitrogens with one attached hydrogen (secondary N) is 1. The van der Waals surface area contributed by atoms with Gasteiger partial charge < -0.3 is 5.32 Å². The van der Waals surface area contributed by atoms with Crippen molar-refractivity contribution >= 4 is 37.5 Å². The maximum absolute atomic E-state index is 13.2. The minimum Gasteiger partial charge on any atom is -0.380 e. The van der Waals surface area contributed by atoms with Crippen LogP contribution in [-0.2, 0) is 12.7 Å². The molecular formula is C14H9Br2F4N. The van der Waals surface area contributed by atoms with Gasteiger partial charge in [0.05, 0.1) is 5.56 Å². The second-order valence-electron chi connectivity index (χ2n) is 4.28. The molecule has 2 aromatic rings. The van der Waals surface area contributed by atoms with E-state index in [9.17, 15) is 17.6 Å². The zero-order valence-electron chi connectivity index (χ0n) is 10.4. The molecule has 0 amide bonds. The van der Waals surface area contributed by atoms with Crippen LogP contribution in [-0.4, -0.2) is 0 Å². The fourth-order valence-corrected chi connectivity index (χ4v) is 2.52. The first-order valence-electron chi connectivity index (χ1n) is 5.82. The first-order valence-corrected chi connectivity index (χ1v) is 7.40. The highest BCUT2D eigenvalue weighted by atomic mass is 79.9. The lowest BCUT2D eigenvalue weighted by molar-refractivity contribution is -0.137. The maximum atomic E-state index is 13.2. The van der Waals surface area contributed by atoms with Gasteiger partial charge in [0.1, 0.15) is 5.82 Å². The van der Waals surface area contributed by atoms with Crippen LogP contribution in [0.15, 0.2) is 45.3 Å². The number of alkyl halides is 3. The van der Waals surface area contributed by atoms with Gasteiger partial charge in [-0.05, 0) is 42.0 Å². The Kier molecular flexibility index (Phi) is 4.93. The molecule has 0 unspecified atom stereocenters. The van der Waals surface area contributed by atoms with Crippen molar-refractivity contribution in [1.82, 2.24) is 0 Å². The Morgan fingerprint density at radius 1 is 1.00 bits per heavy atom. The average molecular weight is 427 g/mol. The SMILES string of the molecule is Fc1ccc(Br)c(CNc2ccc(Br)cc2C(F)(F)F)c1. The van der Waals surface area contributed by atoms with Crippen molar-refractivity contribution in [2.45, 2.75) is 12.7 Å². The van der Waals surface area contributed by atoms with Crippen LogP contribution in [0.4, 0.5) is 23.2 Å². The summed E-state index contributed by atoms with van der Waals surface area (Å²) in [7, 11) is 0. The van der Waals surface area contributed by atoms with E-state index in [1.54, 1.807) is 0 Å². The fraction of sp³-hybridized carbons (Fsp3) is 0.143. The third-order valence-electron chi connectivity index (χ3n) is 2.76. The zero-order chi connectivity index (χ0) is 15.6. The Labute approximate surface area is 135 Å². The summed E-state index contributed by atoms with van der Waals surface area (Å²) >= 11 is 6.26. The lowest BCUT2D eigenvalue weighted by atomic mass is 10.1. The van der Waals surface area contributed by atoms with Crippen LogP contribution >= 0.6 is 31.9 Å². The Hall–Kier alpha value is -1.08. The summed E-state index contributed by atoms with van der Waals surface area (Å²) in [5.41, 5.74) is -0.294. The van der Waals surface area contributed by atoms with Crippen molar-refractivity contribution in [1.29, 1.82) is 0 Å². The van der Waals surface area contributed by atoms with E-state index in [2.05, 4.69) is 37.2 Å². The third-order valence-corrected chi connectivity index (χ3v) is 4.03. The van der Waals surface area contributed by atoms with Crippen LogP contribution < -0.4 is 5.32 Å². The van der Waals surface area contributed by atoms with Gasteiger partial charge in [-0.2, -0.15) is 13.2 Å². The number of hydrogen-bond donors (Lipinski definition) is 1. The zero-order valence-corrected chi connectivity index (χ0v) is 13.6. The number of benzene rings is 2. The second kappa shape index (κ2) is 6.36. The Morgan fingerprint density at radius 3 is 2.38 bits per heavy atom. The molecule has 0 bridgehead atoms. The molecule has 0 aliphatic heterocycles. The molecule has 0 fully saturated rings. The predicted molar refractivity (Wildman–Crippen MR) is 80.6 cm³/mol. The number of anilines is 1. The van der Waals surface area contributed by atoms with Crippen molar-refractivity contribution in [3.8, 4) is 0 Å².